The van der Waals surface area contributed by atoms with E-state index in [1.807, 2.05) is 12.1 Å². The first kappa shape index (κ1) is 27.5. The van der Waals surface area contributed by atoms with Gasteiger partial charge in [0.15, 0.2) is 11.5 Å². The highest BCUT2D eigenvalue weighted by Crippen LogP contribution is 2.35. The zero-order chi connectivity index (χ0) is 26.0. The van der Waals surface area contributed by atoms with Crippen molar-refractivity contribution >= 4 is 40.2 Å². The lowest BCUT2D eigenvalue weighted by Crippen LogP contribution is -2.45. The maximum absolute atomic E-state index is 11.3. The molecule has 0 radical (unpaired) electrons. The summed E-state index contributed by atoms with van der Waals surface area (Å²) in [6.45, 7) is 3.58. The smallest absolute Gasteiger partial charge is 0.234 e. The number of methoxy groups -OCH3 is 2. The molecule has 3 N–H and O–H groups in total. The fraction of sp³-hybridized carbons (Fsp3) is 0.667. The number of fused-ring (bicyclic) bond motifs is 1. The number of hydrogen-bond acceptors (Lipinski definition) is 8. The first-order valence-electron chi connectivity index (χ1n) is 13.6. The molecule has 1 aliphatic carbocycles. The normalized spacial score (nSPS) is 17.5. The lowest BCUT2D eigenvalue weighted by atomic mass is 9.92. The molecule has 4 rings (SSSR count). The molecule has 10 heteroatoms. The minimum atomic E-state index is -0.142. The van der Waals surface area contributed by atoms with Gasteiger partial charge in [0.05, 0.1) is 19.7 Å². The number of likely N-dealkylation sites (tertiary alicyclic amines) is 1. The predicted molar refractivity (Wildman–Crippen MR) is 149 cm³/mol. The molecule has 1 aromatic heterocycles. The van der Waals surface area contributed by atoms with Crippen LogP contribution < -0.4 is 25.4 Å². The number of nitrogens with zero attached hydrogens (tertiary/aromatic N) is 3. The van der Waals surface area contributed by atoms with Gasteiger partial charge in [0.1, 0.15) is 11.7 Å². The van der Waals surface area contributed by atoms with Crippen LogP contribution in [0.3, 0.4) is 0 Å². The summed E-state index contributed by atoms with van der Waals surface area (Å²) < 4.78 is 11.1. The molecule has 37 heavy (non-hydrogen) atoms. The summed E-state index contributed by atoms with van der Waals surface area (Å²) in [4.78, 5) is 23.6. The maximum Gasteiger partial charge on any atom is 0.234 e. The predicted octanol–water partition coefficient (Wildman–Crippen LogP) is 4.40. The Labute approximate surface area is 225 Å². The number of amides is 1. The summed E-state index contributed by atoms with van der Waals surface area (Å²) in [7, 11) is 3.27. The Morgan fingerprint density at radius 2 is 1.70 bits per heavy atom. The second kappa shape index (κ2) is 13.9. The average Bonchev–Trinajstić information content (AvgIpc) is 2.94. The molecule has 2 aromatic rings. The van der Waals surface area contributed by atoms with Crippen molar-refractivity contribution in [3.63, 3.8) is 0 Å². The van der Waals surface area contributed by atoms with Crippen molar-refractivity contribution in [2.24, 2.45) is 0 Å². The molecule has 0 unspecified atom stereocenters. The van der Waals surface area contributed by atoms with Crippen LogP contribution in [0.25, 0.3) is 10.9 Å². The molecular formula is C27H41ClN6O3. The largest absolute Gasteiger partial charge is 0.493 e. The van der Waals surface area contributed by atoms with E-state index in [0.717, 1.165) is 61.5 Å². The highest BCUT2D eigenvalue weighted by molar-refractivity contribution is 6.27. The number of unbranched alkanes of at least 4 members (excludes halogenated alkanes) is 1. The van der Waals surface area contributed by atoms with Gasteiger partial charge in [0.2, 0.25) is 11.9 Å². The van der Waals surface area contributed by atoms with Crippen molar-refractivity contribution in [2.45, 2.75) is 69.9 Å². The summed E-state index contributed by atoms with van der Waals surface area (Å²) in [5.74, 6) is 2.55. The van der Waals surface area contributed by atoms with E-state index in [9.17, 15) is 4.79 Å². The van der Waals surface area contributed by atoms with Crippen LogP contribution in [0.15, 0.2) is 12.1 Å². The maximum atomic E-state index is 11.3. The van der Waals surface area contributed by atoms with Gasteiger partial charge in [-0.15, -0.1) is 11.6 Å². The Balaban J connectivity index is 1.43. The van der Waals surface area contributed by atoms with Crippen LogP contribution >= 0.6 is 11.6 Å². The van der Waals surface area contributed by atoms with Crippen molar-refractivity contribution in [1.29, 1.82) is 0 Å². The first-order valence-corrected chi connectivity index (χ1v) is 14.2. The van der Waals surface area contributed by atoms with E-state index >= 15 is 0 Å². The molecule has 1 saturated heterocycles. The Hall–Kier alpha value is -2.52. The summed E-state index contributed by atoms with van der Waals surface area (Å²) >= 11 is 5.52. The molecule has 0 spiro atoms. The molecule has 2 aliphatic rings. The van der Waals surface area contributed by atoms with E-state index in [-0.39, 0.29) is 11.8 Å². The zero-order valence-corrected chi connectivity index (χ0v) is 22.9. The van der Waals surface area contributed by atoms with Gasteiger partial charge in [0, 0.05) is 49.7 Å². The van der Waals surface area contributed by atoms with Gasteiger partial charge in [-0.2, -0.15) is 4.98 Å². The second-order valence-corrected chi connectivity index (χ2v) is 10.3. The van der Waals surface area contributed by atoms with Gasteiger partial charge in [0.25, 0.3) is 0 Å². The van der Waals surface area contributed by atoms with Crippen LogP contribution in [-0.4, -0.2) is 79.1 Å². The van der Waals surface area contributed by atoms with Gasteiger partial charge in [-0.25, -0.2) is 4.98 Å². The number of carbonyl (C=O) groups is 1. The van der Waals surface area contributed by atoms with Crippen LogP contribution in [0, 0.1) is 0 Å². The van der Waals surface area contributed by atoms with Crippen molar-refractivity contribution in [3.8, 4) is 11.5 Å². The van der Waals surface area contributed by atoms with Gasteiger partial charge in [-0.1, -0.05) is 19.3 Å². The number of ether oxygens (including phenoxy) is 2. The van der Waals surface area contributed by atoms with E-state index < -0.39 is 0 Å². The van der Waals surface area contributed by atoms with Crippen molar-refractivity contribution in [3.05, 3.63) is 12.1 Å². The molecule has 2 fully saturated rings. The monoisotopic (exact) mass is 532 g/mol. The van der Waals surface area contributed by atoms with Crippen LogP contribution in [0.5, 0.6) is 11.5 Å². The molecule has 204 valence electrons. The standard InChI is InChI=1S/C27H41ClN6O3/c1-36-23-16-21-22(17-24(23)37-2)32-27(30-13-7-6-12-29-25(35)18-28)33-26(21)31-19-10-14-34(15-11-19)20-8-4-3-5-9-20/h16-17,19-20H,3-15,18H2,1-2H3,(H,29,35)(H2,30,31,32,33). The lowest BCUT2D eigenvalue weighted by Gasteiger charge is -2.39. The Morgan fingerprint density at radius 1 is 1.00 bits per heavy atom. The van der Waals surface area contributed by atoms with Crippen molar-refractivity contribution in [2.75, 3.05) is 56.9 Å². The molecule has 1 saturated carbocycles. The SMILES string of the molecule is COc1cc2nc(NCCCCNC(=O)CCl)nc(NC3CCN(C4CCCCC4)CC3)c2cc1OC. The zero-order valence-electron chi connectivity index (χ0n) is 22.2. The summed E-state index contributed by atoms with van der Waals surface area (Å²) in [5.41, 5.74) is 0.798. The number of piperidine rings is 1. The van der Waals surface area contributed by atoms with Gasteiger partial charge >= 0.3 is 0 Å². The van der Waals surface area contributed by atoms with Crippen molar-refractivity contribution in [1.82, 2.24) is 20.2 Å². The topological polar surface area (TPSA) is 101 Å². The van der Waals surface area contributed by atoms with Crippen LogP contribution in [0.1, 0.15) is 57.8 Å². The van der Waals surface area contributed by atoms with Gasteiger partial charge < -0.3 is 30.3 Å². The van der Waals surface area contributed by atoms with Gasteiger partial charge in [-0.3, -0.25) is 4.79 Å². The summed E-state index contributed by atoms with van der Waals surface area (Å²) in [5, 5.41) is 10.8. The van der Waals surface area contributed by atoms with Crippen LogP contribution in [0.2, 0.25) is 0 Å². The third-order valence-corrected chi connectivity index (χ3v) is 7.74. The van der Waals surface area contributed by atoms with E-state index in [1.165, 1.54) is 32.1 Å². The molecule has 1 aromatic carbocycles. The highest BCUT2D eigenvalue weighted by Gasteiger charge is 2.27. The molecular weight excluding hydrogens is 492 g/mol. The number of anilines is 2. The highest BCUT2D eigenvalue weighted by atomic mass is 35.5. The average molecular weight is 533 g/mol. The first-order chi connectivity index (χ1) is 18.1. The fourth-order valence-electron chi connectivity index (χ4n) is 5.42. The third-order valence-electron chi connectivity index (χ3n) is 7.49. The molecule has 0 bridgehead atoms. The third kappa shape index (κ3) is 7.51. The van der Waals surface area contributed by atoms with E-state index in [2.05, 4.69) is 20.9 Å². The minimum absolute atomic E-state index is 0.00713. The number of hydrogen-bond donors (Lipinski definition) is 3. The number of carbonyl (C=O) groups excluding carboxylic acids is 1. The minimum Gasteiger partial charge on any atom is -0.493 e. The summed E-state index contributed by atoms with van der Waals surface area (Å²) in [6, 6.07) is 4.99. The fourth-order valence-corrected chi connectivity index (χ4v) is 5.51. The Morgan fingerprint density at radius 3 is 2.41 bits per heavy atom. The van der Waals surface area contributed by atoms with Crippen LogP contribution in [0.4, 0.5) is 11.8 Å². The lowest BCUT2D eigenvalue weighted by molar-refractivity contribution is -0.118. The van der Waals surface area contributed by atoms with Crippen molar-refractivity contribution < 1.29 is 14.3 Å². The van der Waals surface area contributed by atoms with E-state index in [1.54, 1.807) is 14.2 Å². The quantitative estimate of drug-likeness (QED) is 0.273. The van der Waals surface area contributed by atoms with E-state index in [4.69, 9.17) is 31.0 Å². The number of aromatic nitrogens is 2. The number of benzene rings is 1. The number of nitrogens with one attached hydrogen (secondary N) is 3. The number of rotatable bonds is 12. The Bertz CT molecular complexity index is 1020. The molecule has 2 heterocycles. The van der Waals surface area contributed by atoms with Gasteiger partial charge in [-0.05, 0) is 44.6 Å². The van der Waals surface area contributed by atoms with Crippen LogP contribution in [-0.2, 0) is 4.79 Å². The number of halogens is 1. The molecule has 9 nitrogen and oxygen atoms in total. The summed E-state index contributed by atoms with van der Waals surface area (Å²) in [6.07, 6.45) is 10.8. The molecule has 1 aliphatic heterocycles. The number of alkyl halides is 1. The molecule has 1 amide bonds. The Kier molecular flexibility index (Phi) is 10.3. The molecule has 0 atom stereocenters. The van der Waals surface area contributed by atoms with E-state index in [0.29, 0.717) is 36.6 Å². The second-order valence-electron chi connectivity index (χ2n) is 9.98.